The summed E-state index contributed by atoms with van der Waals surface area (Å²) in [6.07, 6.45) is 3.20. The van der Waals surface area contributed by atoms with Gasteiger partial charge in [-0.05, 0) is 35.7 Å². The molecule has 0 fully saturated rings. The molecule has 4 nitrogen and oxygen atoms in total. The first kappa shape index (κ1) is 18.0. The maximum absolute atomic E-state index is 12.2. The van der Waals surface area contributed by atoms with Gasteiger partial charge in [-0.25, -0.2) is 0 Å². The van der Waals surface area contributed by atoms with E-state index in [1.165, 1.54) is 0 Å². The number of nitrogens with zero attached hydrogens (tertiary/aromatic N) is 1. The lowest BCUT2D eigenvalue weighted by Crippen LogP contribution is -2.15. The van der Waals surface area contributed by atoms with Crippen LogP contribution in [0.5, 0.6) is 5.75 Å². The minimum atomic E-state index is -0.151. The highest BCUT2D eigenvalue weighted by Gasteiger charge is 2.19. The van der Waals surface area contributed by atoms with Crippen LogP contribution in [0.25, 0.3) is 0 Å². The largest absolute Gasteiger partial charge is 0.496 e. The van der Waals surface area contributed by atoms with Gasteiger partial charge in [0.25, 0.3) is 5.91 Å². The predicted octanol–water partition coefficient (Wildman–Crippen LogP) is 4.06. The molecule has 5 heteroatoms. The minimum Gasteiger partial charge on any atom is -0.496 e. The molecule has 1 N–H and O–H groups in total. The smallest absolute Gasteiger partial charge is 0.255 e. The number of anilines is 1. The van der Waals surface area contributed by atoms with Crippen LogP contribution in [0.3, 0.4) is 0 Å². The molecule has 0 saturated heterocycles. The fourth-order valence-electron chi connectivity index (χ4n) is 2.08. The van der Waals surface area contributed by atoms with Crippen molar-refractivity contribution in [2.24, 2.45) is 0 Å². The van der Waals surface area contributed by atoms with Gasteiger partial charge >= 0.3 is 0 Å². The first-order chi connectivity index (χ1) is 9.91. The van der Waals surface area contributed by atoms with Crippen LogP contribution in [0.1, 0.15) is 36.7 Å². The number of hydrogen-bond acceptors (Lipinski definition) is 3. The SMILES string of the molecule is COc1ccc(NC(=O)c2ccncc2)cc1C(C)(C)C.Cl. The van der Waals surface area contributed by atoms with Crippen LogP contribution in [0.15, 0.2) is 42.7 Å². The van der Waals surface area contributed by atoms with E-state index in [1.54, 1.807) is 31.6 Å². The van der Waals surface area contributed by atoms with Gasteiger partial charge in [-0.2, -0.15) is 0 Å². The molecule has 0 aliphatic rings. The van der Waals surface area contributed by atoms with Crippen LogP contribution >= 0.6 is 12.4 Å². The third-order valence-electron chi connectivity index (χ3n) is 3.21. The molecule has 0 unspecified atom stereocenters. The van der Waals surface area contributed by atoms with Crippen molar-refractivity contribution in [1.82, 2.24) is 4.98 Å². The molecule has 2 aromatic rings. The number of carbonyl (C=O) groups excluding carboxylic acids is 1. The maximum Gasteiger partial charge on any atom is 0.255 e. The van der Waals surface area contributed by atoms with E-state index in [0.29, 0.717) is 5.56 Å². The minimum absolute atomic E-state index is 0. The Kier molecular flexibility index (Phi) is 5.94. The number of hydrogen-bond donors (Lipinski definition) is 1. The molecule has 22 heavy (non-hydrogen) atoms. The summed E-state index contributed by atoms with van der Waals surface area (Å²) in [5.74, 6) is 0.673. The van der Waals surface area contributed by atoms with Gasteiger partial charge in [-0.15, -0.1) is 12.4 Å². The van der Waals surface area contributed by atoms with Crippen molar-refractivity contribution in [3.63, 3.8) is 0 Å². The fraction of sp³-hybridized carbons (Fsp3) is 0.294. The Morgan fingerprint density at radius 1 is 1.14 bits per heavy atom. The summed E-state index contributed by atoms with van der Waals surface area (Å²) in [7, 11) is 1.65. The van der Waals surface area contributed by atoms with Crippen molar-refractivity contribution in [2.45, 2.75) is 26.2 Å². The number of aromatic nitrogens is 1. The zero-order valence-electron chi connectivity index (χ0n) is 13.2. The summed E-state index contributed by atoms with van der Waals surface area (Å²) >= 11 is 0. The molecule has 1 heterocycles. The van der Waals surface area contributed by atoms with E-state index in [4.69, 9.17) is 4.74 Å². The highest BCUT2D eigenvalue weighted by molar-refractivity contribution is 6.04. The Morgan fingerprint density at radius 3 is 2.32 bits per heavy atom. The normalized spacial score (nSPS) is 10.5. The molecular weight excluding hydrogens is 300 g/mol. The van der Waals surface area contributed by atoms with E-state index in [1.807, 2.05) is 18.2 Å². The predicted molar refractivity (Wildman–Crippen MR) is 91.1 cm³/mol. The highest BCUT2D eigenvalue weighted by Crippen LogP contribution is 2.33. The average Bonchev–Trinajstić information content (AvgIpc) is 2.47. The molecule has 1 aromatic carbocycles. The molecule has 0 radical (unpaired) electrons. The number of ether oxygens (including phenoxy) is 1. The molecule has 0 aliphatic heterocycles. The summed E-state index contributed by atoms with van der Waals surface area (Å²) in [5, 5.41) is 2.90. The molecule has 0 aliphatic carbocycles. The zero-order chi connectivity index (χ0) is 15.5. The molecule has 2 rings (SSSR count). The van der Waals surface area contributed by atoms with Gasteiger partial charge in [0, 0.05) is 29.2 Å². The van der Waals surface area contributed by atoms with Crippen molar-refractivity contribution in [3.8, 4) is 5.75 Å². The Hall–Kier alpha value is -2.07. The summed E-state index contributed by atoms with van der Waals surface area (Å²) < 4.78 is 5.40. The number of halogens is 1. The number of nitrogens with one attached hydrogen (secondary N) is 1. The summed E-state index contributed by atoms with van der Waals surface area (Å²) in [6, 6.07) is 9.04. The summed E-state index contributed by atoms with van der Waals surface area (Å²) in [6.45, 7) is 6.33. The molecule has 0 atom stereocenters. The van der Waals surface area contributed by atoms with Crippen LogP contribution in [0.2, 0.25) is 0 Å². The van der Waals surface area contributed by atoms with Crippen LogP contribution in [-0.4, -0.2) is 18.0 Å². The number of methoxy groups -OCH3 is 1. The van der Waals surface area contributed by atoms with Crippen molar-refractivity contribution < 1.29 is 9.53 Å². The van der Waals surface area contributed by atoms with E-state index in [-0.39, 0.29) is 23.7 Å². The van der Waals surface area contributed by atoms with Crippen molar-refractivity contribution in [3.05, 3.63) is 53.9 Å². The van der Waals surface area contributed by atoms with Crippen molar-refractivity contribution in [1.29, 1.82) is 0 Å². The Balaban J connectivity index is 0.00000242. The van der Waals surface area contributed by atoms with E-state index in [2.05, 4.69) is 31.1 Å². The second-order valence-electron chi connectivity index (χ2n) is 5.86. The Labute approximate surface area is 137 Å². The standard InChI is InChI=1S/C17H20N2O2.ClH/c1-17(2,3)14-11-13(5-6-15(14)21-4)19-16(20)12-7-9-18-10-8-12;/h5-11H,1-4H3,(H,19,20);1H. The second kappa shape index (κ2) is 7.27. The van der Waals surface area contributed by atoms with Gasteiger partial charge in [0.15, 0.2) is 0 Å². The van der Waals surface area contributed by atoms with Crippen LogP contribution in [0, 0.1) is 0 Å². The van der Waals surface area contributed by atoms with Crippen molar-refractivity contribution in [2.75, 3.05) is 12.4 Å². The summed E-state index contributed by atoms with van der Waals surface area (Å²) in [5.41, 5.74) is 2.32. The zero-order valence-corrected chi connectivity index (χ0v) is 14.0. The van der Waals surface area contributed by atoms with Gasteiger partial charge in [-0.1, -0.05) is 20.8 Å². The van der Waals surface area contributed by atoms with Crippen molar-refractivity contribution >= 4 is 24.0 Å². The first-order valence-electron chi connectivity index (χ1n) is 6.81. The van der Waals surface area contributed by atoms with Gasteiger partial charge < -0.3 is 10.1 Å². The molecular formula is C17H21ClN2O2. The van der Waals surface area contributed by atoms with Crippen LogP contribution in [0.4, 0.5) is 5.69 Å². The number of rotatable bonds is 3. The van der Waals surface area contributed by atoms with E-state index < -0.39 is 0 Å². The second-order valence-corrected chi connectivity index (χ2v) is 5.86. The quantitative estimate of drug-likeness (QED) is 0.927. The maximum atomic E-state index is 12.2. The first-order valence-corrected chi connectivity index (χ1v) is 6.81. The lowest BCUT2D eigenvalue weighted by Gasteiger charge is -2.23. The van der Waals surface area contributed by atoms with Gasteiger partial charge in [0.2, 0.25) is 0 Å². The van der Waals surface area contributed by atoms with Gasteiger partial charge in [0.05, 0.1) is 7.11 Å². The summed E-state index contributed by atoms with van der Waals surface area (Å²) in [4.78, 5) is 16.1. The topological polar surface area (TPSA) is 51.2 Å². The Bertz CT molecular complexity index is 637. The monoisotopic (exact) mass is 320 g/mol. The number of carbonyl (C=O) groups is 1. The average molecular weight is 321 g/mol. The molecule has 118 valence electrons. The lowest BCUT2D eigenvalue weighted by molar-refractivity contribution is 0.102. The molecule has 1 amide bonds. The molecule has 0 bridgehead atoms. The number of amides is 1. The third-order valence-corrected chi connectivity index (χ3v) is 3.21. The molecule has 0 saturated carbocycles. The van der Waals surface area contributed by atoms with E-state index >= 15 is 0 Å². The van der Waals surface area contributed by atoms with Gasteiger partial charge in [-0.3, -0.25) is 9.78 Å². The van der Waals surface area contributed by atoms with Crippen LogP contribution < -0.4 is 10.1 Å². The lowest BCUT2D eigenvalue weighted by atomic mass is 9.86. The Morgan fingerprint density at radius 2 is 1.77 bits per heavy atom. The van der Waals surface area contributed by atoms with E-state index in [9.17, 15) is 4.79 Å². The number of pyridine rings is 1. The number of benzene rings is 1. The highest BCUT2D eigenvalue weighted by atomic mass is 35.5. The fourth-order valence-corrected chi connectivity index (χ4v) is 2.08. The van der Waals surface area contributed by atoms with E-state index in [0.717, 1.165) is 17.0 Å². The third kappa shape index (κ3) is 4.21. The molecule has 0 spiro atoms. The molecule has 1 aromatic heterocycles. The van der Waals surface area contributed by atoms with Crippen LogP contribution in [-0.2, 0) is 5.41 Å². The van der Waals surface area contributed by atoms with Gasteiger partial charge in [0.1, 0.15) is 5.75 Å².